The van der Waals surface area contributed by atoms with Crippen LogP contribution in [0.3, 0.4) is 0 Å². The van der Waals surface area contributed by atoms with E-state index in [1.807, 2.05) is 14.1 Å². The number of esters is 1. The van der Waals surface area contributed by atoms with Gasteiger partial charge in [0.2, 0.25) is 0 Å². The molecule has 0 saturated carbocycles. The molecule has 0 rings (SSSR count). The molecule has 0 aliphatic rings. The zero-order valence-electron chi connectivity index (χ0n) is 9.67. The molecule has 0 aromatic heterocycles. The first-order valence-corrected chi connectivity index (χ1v) is 4.98. The molecule has 0 saturated heterocycles. The van der Waals surface area contributed by atoms with Crippen LogP contribution in [0.2, 0.25) is 0 Å². The molecule has 0 N–H and O–H groups in total. The van der Waals surface area contributed by atoms with Crippen LogP contribution in [-0.2, 0) is 9.53 Å². The fraction of sp³-hybridized carbons (Fsp3) is 0.727. The first-order valence-electron chi connectivity index (χ1n) is 4.98. The molecule has 0 bridgehead atoms. The van der Waals surface area contributed by atoms with Crippen LogP contribution >= 0.6 is 0 Å². The van der Waals surface area contributed by atoms with E-state index < -0.39 is 0 Å². The maximum Gasteiger partial charge on any atom is 0.333 e. The van der Waals surface area contributed by atoms with Crippen LogP contribution in [0.4, 0.5) is 0 Å². The van der Waals surface area contributed by atoms with Crippen molar-refractivity contribution in [2.45, 2.75) is 32.7 Å². The predicted octanol–water partition coefficient (Wildman–Crippen LogP) is 1.84. The summed E-state index contributed by atoms with van der Waals surface area (Å²) in [7, 11) is 4.07. The molecule has 0 fully saturated rings. The van der Waals surface area contributed by atoms with Crippen molar-refractivity contribution in [2.75, 3.05) is 20.7 Å². The van der Waals surface area contributed by atoms with Gasteiger partial charge in [0.1, 0.15) is 0 Å². The van der Waals surface area contributed by atoms with Crippen LogP contribution in [0.1, 0.15) is 26.7 Å². The van der Waals surface area contributed by atoms with Crippen molar-refractivity contribution in [3.05, 3.63) is 12.2 Å². The standard InChI is InChI=1S/C11H21NO2/c1-6-10(12(4)5)7-8-14-11(13)9(2)3/h10H,2,6-8H2,1,3-5H3. The van der Waals surface area contributed by atoms with Crippen LogP contribution in [0.15, 0.2) is 12.2 Å². The van der Waals surface area contributed by atoms with Gasteiger partial charge in [0.25, 0.3) is 0 Å². The van der Waals surface area contributed by atoms with E-state index in [0.29, 0.717) is 18.2 Å². The second-order valence-corrected chi connectivity index (χ2v) is 3.73. The van der Waals surface area contributed by atoms with Crippen LogP contribution in [0.25, 0.3) is 0 Å². The molecular weight excluding hydrogens is 178 g/mol. The molecule has 3 heteroatoms. The van der Waals surface area contributed by atoms with E-state index in [4.69, 9.17) is 4.74 Å². The van der Waals surface area contributed by atoms with Gasteiger partial charge >= 0.3 is 5.97 Å². The highest BCUT2D eigenvalue weighted by Gasteiger charge is 2.10. The Morgan fingerprint density at radius 3 is 2.43 bits per heavy atom. The predicted molar refractivity (Wildman–Crippen MR) is 58.2 cm³/mol. The summed E-state index contributed by atoms with van der Waals surface area (Å²) in [5.41, 5.74) is 0.461. The molecule has 0 aromatic rings. The normalized spacial score (nSPS) is 12.6. The Kier molecular flexibility index (Phi) is 6.21. The van der Waals surface area contributed by atoms with Gasteiger partial charge in [-0.2, -0.15) is 0 Å². The summed E-state index contributed by atoms with van der Waals surface area (Å²) >= 11 is 0. The molecule has 3 nitrogen and oxygen atoms in total. The zero-order chi connectivity index (χ0) is 11.1. The minimum atomic E-state index is -0.293. The number of hydrogen-bond donors (Lipinski definition) is 0. The Morgan fingerprint density at radius 2 is 2.07 bits per heavy atom. The summed E-state index contributed by atoms with van der Waals surface area (Å²) in [5.74, 6) is -0.293. The molecule has 0 amide bonds. The highest BCUT2D eigenvalue weighted by molar-refractivity contribution is 5.86. The van der Waals surface area contributed by atoms with Gasteiger partial charge in [0.05, 0.1) is 6.61 Å². The lowest BCUT2D eigenvalue weighted by Crippen LogP contribution is -2.28. The van der Waals surface area contributed by atoms with Crippen molar-refractivity contribution in [1.82, 2.24) is 4.90 Å². The molecule has 82 valence electrons. The highest BCUT2D eigenvalue weighted by Crippen LogP contribution is 2.05. The van der Waals surface area contributed by atoms with Gasteiger partial charge in [-0.25, -0.2) is 4.79 Å². The van der Waals surface area contributed by atoms with Gasteiger partial charge in [0, 0.05) is 11.6 Å². The Hall–Kier alpha value is -0.830. The maximum absolute atomic E-state index is 11.0. The first kappa shape index (κ1) is 13.2. The molecule has 0 spiro atoms. The molecule has 0 aliphatic heterocycles. The van der Waals surface area contributed by atoms with Gasteiger partial charge in [-0.05, 0) is 33.9 Å². The van der Waals surface area contributed by atoms with Crippen LogP contribution in [-0.4, -0.2) is 37.6 Å². The summed E-state index contributed by atoms with van der Waals surface area (Å²) in [6.45, 7) is 7.79. The number of hydrogen-bond acceptors (Lipinski definition) is 3. The SMILES string of the molecule is C=C(C)C(=O)OCCC(CC)N(C)C. The molecule has 0 aliphatic carbocycles. The summed E-state index contributed by atoms with van der Waals surface area (Å²) in [5, 5.41) is 0. The molecule has 0 radical (unpaired) electrons. The van der Waals surface area contributed by atoms with Crippen molar-refractivity contribution >= 4 is 5.97 Å². The number of carbonyl (C=O) groups is 1. The molecule has 0 heterocycles. The summed E-state index contributed by atoms with van der Waals surface area (Å²) in [6.07, 6.45) is 1.94. The van der Waals surface area contributed by atoms with E-state index in [2.05, 4.69) is 18.4 Å². The minimum absolute atomic E-state index is 0.293. The fourth-order valence-electron chi connectivity index (χ4n) is 1.24. The van der Waals surface area contributed by atoms with Gasteiger partial charge < -0.3 is 9.64 Å². The van der Waals surface area contributed by atoms with E-state index in [0.717, 1.165) is 12.8 Å². The lowest BCUT2D eigenvalue weighted by atomic mass is 10.1. The zero-order valence-corrected chi connectivity index (χ0v) is 9.67. The van der Waals surface area contributed by atoms with E-state index in [1.165, 1.54) is 0 Å². The van der Waals surface area contributed by atoms with Gasteiger partial charge in [-0.3, -0.25) is 0 Å². The van der Waals surface area contributed by atoms with Gasteiger partial charge in [-0.15, -0.1) is 0 Å². The monoisotopic (exact) mass is 199 g/mol. The smallest absolute Gasteiger partial charge is 0.333 e. The third kappa shape index (κ3) is 5.02. The number of nitrogens with zero attached hydrogens (tertiary/aromatic N) is 1. The highest BCUT2D eigenvalue weighted by atomic mass is 16.5. The molecule has 14 heavy (non-hydrogen) atoms. The van der Waals surface area contributed by atoms with Crippen LogP contribution < -0.4 is 0 Å². The average Bonchev–Trinajstić information content (AvgIpc) is 2.11. The van der Waals surface area contributed by atoms with E-state index >= 15 is 0 Å². The third-order valence-corrected chi connectivity index (χ3v) is 2.23. The second kappa shape index (κ2) is 6.60. The Labute approximate surface area is 86.7 Å². The summed E-state index contributed by atoms with van der Waals surface area (Å²) in [4.78, 5) is 13.2. The van der Waals surface area contributed by atoms with Gasteiger partial charge in [0.15, 0.2) is 0 Å². The third-order valence-electron chi connectivity index (χ3n) is 2.23. The van der Waals surface area contributed by atoms with Crippen molar-refractivity contribution in [2.24, 2.45) is 0 Å². The largest absolute Gasteiger partial charge is 0.462 e. The summed E-state index contributed by atoms with van der Waals surface area (Å²) < 4.78 is 5.02. The summed E-state index contributed by atoms with van der Waals surface area (Å²) in [6, 6.07) is 0.480. The van der Waals surface area contributed by atoms with Crippen molar-refractivity contribution < 1.29 is 9.53 Å². The molecule has 1 unspecified atom stereocenters. The molecule has 0 aromatic carbocycles. The lowest BCUT2D eigenvalue weighted by Gasteiger charge is -2.22. The Bertz CT molecular complexity index is 199. The van der Waals surface area contributed by atoms with Crippen LogP contribution in [0.5, 0.6) is 0 Å². The quantitative estimate of drug-likeness (QED) is 0.483. The first-order chi connectivity index (χ1) is 6.49. The minimum Gasteiger partial charge on any atom is -0.462 e. The average molecular weight is 199 g/mol. The topological polar surface area (TPSA) is 29.5 Å². The van der Waals surface area contributed by atoms with E-state index in [9.17, 15) is 4.79 Å². The van der Waals surface area contributed by atoms with Crippen molar-refractivity contribution in [3.63, 3.8) is 0 Å². The molecule has 1 atom stereocenters. The Morgan fingerprint density at radius 1 is 1.50 bits per heavy atom. The van der Waals surface area contributed by atoms with Gasteiger partial charge in [-0.1, -0.05) is 13.5 Å². The Balaban J connectivity index is 3.72. The van der Waals surface area contributed by atoms with E-state index in [1.54, 1.807) is 6.92 Å². The van der Waals surface area contributed by atoms with Crippen molar-refractivity contribution in [1.29, 1.82) is 0 Å². The number of rotatable bonds is 6. The molecular formula is C11H21NO2. The number of ether oxygens (including phenoxy) is 1. The van der Waals surface area contributed by atoms with E-state index in [-0.39, 0.29) is 5.97 Å². The second-order valence-electron chi connectivity index (χ2n) is 3.73. The fourth-order valence-corrected chi connectivity index (χ4v) is 1.24. The van der Waals surface area contributed by atoms with Crippen molar-refractivity contribution in [3.8, 4) is 0 Å². The lowest BCUT2D eigenvalue weighted by molar-refractivity contribution is -0.139. The van der Waals surface area contributed by atoms with Crippen LogP contribution in [0, 0.1) is 0 Å². The number of carbonyl (C=O) groups excluding carboxylic acids is 1. The maximum atomic E-state index is 11.0.